The Balaban J connectivity index is 1.80. The Labute approximate surface area is 115 Å². The molecule has 19 heavy (non-hydrogen) atoms. The van der Waals surface area contributed by atoms with Crippen molar-refractivity contribution in [3.05, 3.63) is 35.4 Å². The summed E-state index contributed by atoms with van der Waals surface area (Å²) in [6, 6.07) is 8.55. The number of rotatable bonds is 4. The quantitative estimate of drug-likeness (QED) is 0.873. The standard InChI is InChI=1S/C16H24N2O/c1-12-6-2-3-7-13(12)10-11-16(19)18-15-9-5-4-8-14(15)17/h2-3,6-7,14-15H,4-5,8-11,17H2,1H3,(H,18,19)/t14-,15-/m1/s1. The highest BCUT2D eigenvalue weighted by Gasteiger charge is 2.22. The number of carbonyl (C=O) groups is 1. The molecule has 0 bridgehead atoms. The lowest BCUT2D eigenvalue weighted by Gasteiger charge is -2.29. The molecule has 1 aliphatic carbocycles. The van der Waals surface area contributed by atoms with Crippen molar-refractivity contribution in [3.63, 3.8) is 0 Å². The molecule has 1 saturated carbocycles. The third-order valence-electron chi connectivity index (χ3n) is 4.05. The van der Waals surface area contributed by atoms with Gasteiger partial charge in [-0.3, -0.25) is 4.79 Å². The van der Waals surface area contributed by atoms with Gasteiger partial charge in [0, 0.05) is 18.5 Å². The summed E-state index contributed by atoms with van der Waals surface area (Å²) in [6.07, 6.45) is 5.78. The second kappa shape index (κ2) is 6.71. The fourth-order valence-electron chi connectivity index (χ4n) is 2.76. The molecule has 0 aliphatic heterocycles. The Kier molecular flexibility index (Phi) is 4.97. The third-order valence-corrected chi connectivity index (χ3v) is 4.05. The molecule has 3 heteroatoms. The highest BCUT2D eigenvalue weighted by molar-refractivity contribution is 5.76. The number of nitrogens with two attached hydrogens (primary N) is 1. The molecular formula is C16H24N2O. The monoisotopic (exact) mass is 260 g/mol. The third kappa shape index (κ3) is 4.06. The first-order valence-electron chi connectivity index (χ1n) is 7.26. The molecule has 1 aliphatic rings. The predicted molar refractivity (Wildman–Crippen MR) is 77.9 cm³/mol. The molecule has 2 atom stereocenters. The van der Waals surface area contributed by atoms with Crippen LogP contribution in [0.4, 0.5) is 0 Å². The van der Waals surface area contributed by atoms with E-state index in [9.17, 15) is 4.79 Å². The molecule has 0 spiro atoms. The summed E-state index contributed by atoms with van der Waals surface area (Å²) in [5, 5.41) is 3.09. The average molecular weight is 260 g/mol. The predicted octanol–water partition coefficient (Wildman–Crippen LogP) is 2.31. The Bertz CT molecular complexity index is 431. The summed E-state index contributed by atoms with van der Waals surface area (Å²) in [4.78, 5) is 12.0. The number of amides is 1. The summed E-state index contributed by atoms with van der Waals surface area (Å²) < 4.78 is 0. The number of hydrogen-bond acceptors (Lipinski definition) is 2. The van der Waals surface area contributed by atoms with E-state index in [0.717, 1.165) is 19.3 Å². The van der Waals surface area contributed by atoms with Crippen molar-refractivity contribution in [3.8, 4) is 0 Å². The number of carbonyl (C=O) groups excluding carboxylic acids is 1. The van der Waals surface area contributed by atoms with Gasteiger partial charge in [0.1, 0.15) is 0 Å². The molecule has 1 aromatic rings. The maximum absolute atomic E-state index is 12.0. The van der Waals surface area contributed by atoms with Gasteiger partial charge in [-0.2, -0.15) is 0 Å². The molecule has 0 radical (unpaired) electrons. The summed E-state index contributed by atoms with van der Waals surface area (Å²) in [5.74, 6) is 0.130. The van der Waals surface area contributed by atoms with Gasteiger partial charge >= 0.3 is 0 Å². The van der Waals surface area contributed by atoms with Gasteiger partial charge in [-0.1, -0.05) is 37.1 Å². The van der Waals surface area contributed by atoms with Crippen molar-refractivity contribution >= 4 is 5.91 Å². The number of benzene rings is 1. The Morgan fingerprint density at radius 1 is 1.32 bits per heavy atom. The fourth-order valence-corrected chi connectivity index (χ4v) is 2.76. The van der Waals surface area contributed by atoms with E-state index >= 15 is 0 Å². The highest BCUT2D eigenvalue weighted by atomic mass is 16.1. The minimum Gasteiger partial charge on any atom is -0.352 e. The number of nitrogens with one attached hydrogen (secondary N) is 1. The number of hydrogen-bond donors (Lipinski definition) is 2. The van der Waals surface area contributed by atoms with E-state index in [-0.39, 0.29) is 18.0 Å². The first kappa shape index (κ1) is 14.1. The van der Waals surface area contributed by atoms with E-state index in [0.29, 0.717) is 6.42 Å². The zero-order chi connectivity index (χ0) is 13.7. The SMILES string of the molecule is Cc1ccccc1CCC(=O)N[C@@H]1CCCC[C@H]1N. The summed E-state index contributed by atoms with van der Waals surface area (Å²) in [7, 11) is 0. The Morgan fingerprint density at radius 3 is 2.79 bits per heavy atom. The van der Waals surface area contributed by atoms with Crippen LogP contribution in [0.25, 0.3) is 0 Å². The maximum atomic E-state index is 12.0. The summed E-state index contributed by atoms with van der Waals surface area (Å²) >= 11 is 0. The second-order valence-corrected chi connectivity index (χ2v) is 5.55. The van der Waals surface area contributed by atoms with E-state index in [1.807, 2.05) is 12.1 Å². The lowest BCUT2D eigenvalue weighted by atomic mass is 9.91. The van der Waals surface area contributed by atoms with Gasteiger partial charge in [-0.25, -0.2) is 0 Å². The van der Waals surface area contributed by atoms with E-state index in [4.69, 9.17) is 5.73 Å². The van der Waals surface area contributed by atoms with Gasteiger partial charge in [0.05, 0.1) is 0 Å². The smallest absolute Gasteiger partial charge is 0.220 e. The van der Waals surface area contributed by atoms with E-state index in [2.05, 4.69) is 24.4 Å². The molecule has 1 aromatic carbocycles. The van der Waals surface area contributed by atoms with Gasteiger partial charge in [-0.05, 0) is 37.3 Å². The zero-order valence-corrected chi connectivity index (χ0v) is 11.7. The first-order chi connectivity index (χ1) is 9.16. The molecule has 0 aromatic heterocycles. The molecule has 0 saturated heterocycles. The van der Waals surface area contributed by atoms with Gasteiger partial charge < -0.3 is 11.1 Å². The lowest BCUT2D eigenvalue weighted by molar-refractivity contribution is -0.122. The largest absolute Gasteiger partial charge is 0.352 e. The van der Waals surface area contributed by atoms with Crippen molar-refractivity contribution in [2.45, 2.75) is 57.5 Å². The maximum Gasteiger partial charge on any atom is 0.220 e. The summed E-state index contributed by atoms with van der Waals surface area (Å²) in [6.45, 7) is 2.09. The van der Waals surface area contributed by atoms with Crippen LogP contribution in [0.15, 0.2) is 24.3 Å². The summed E-state index contributed by atoms with van der Waals surface area (Å²) in [5.41, 5.74) is 8.55. The topological polar surface area (TPSA) is 55.1 Å². The average Bonchev–Trinajstić information content (AvgIpc) is 2.40. The van der Waals surface area contributed by atoms with E-state index in [1.165, 1.54) is 24.0 Å². The highest BCUT2D eigenvalue weighted by Crippen LogP contribution is 2.17. The van der Waals surface area contributed by atoms with Crippen molar-refractivity contribution in [1.29, 1.82) is 0 Å². The molecule has 3 N–H and O–H groups in total. The van der Waals surface area contributed by atoms with Crippen LogP contribution in [0.5, 0.6) is 0 Å². The van der Waals surface area contributed by atoms with Gasteiger partial charge in [-0.15, -0.1) is 0 Å². The van der Waals surface area contributed by atoms with Gasteiger partial charge in [0.2, 0.25) is 5.91 Å². The van der Waals surface area contributed by atoms with Crippen LogP contribution in [0.3, 0.4) is 0 Å². The lowest BCUT2D eigenvalue weighted by Crippen LogP contribution is -2.49. The van der Waals surface area contributed by atoms with Crippen molar-refractivity contribution in [1.82, 2.24) is 5.32 Å². The van der Waals surface area contributed by atoms with Crippen molar-refractivity contribution in [2.75, 3.05) is 0 Å². The van der Waals surface area contributed by atoms with Crippen LogP contribution in [0, 0.1) is 6.92 Å². The van der Waals surface area contributed by atoms with Crippen molar-refractivity contribution in [2.24, 2.45) is 5.73 Å². The first-order valence-corrected chi connectivity index (χ1v) is 7.26. The van der Waals surface area contributed by atoms with E-state index < -0.39 is 0 Å². The van der Waals surface area contributed by atoms with Crippen LogP contribution < -0.4 is 11.1 Å². The van der Waals surface area contributed by atoms with Crippen LogP contribution in [-0.2, 0) is 11.2 Å². The molecular weight excluding hydrogens is 236 g/mol. The number of aryl methyl sites for hydroxylation is 2. The molecule has 1 fully saturated rings. The normalized spacial score (nSPS) is 23.1. The zero-order valence-electron chi connectivity index (χ0n) is 11.7. The van der Waals surface area contributed by atoms with Crippen molar-refractivity contribution < 1.29 is 4.79 Å². The molecule has 0 heterocycles. The molecule has 0 unspecified atom stereocenters. The molecule has 3 nitrogen and oxygen atoms in total. The van der Waals surface area contributed by atoms with E-state index in [1.54, 1.807) is 0 Å². The molecule has 1 amide bonds. The second-order valence-electron chi connectivity index (χ2n) is 5.55. The van der Waals surface area contributed by atoms with Gasteiger partial charge in [0.15, 0.2) is 0 Å². The molecule has 2 rings (SSSR count). The van der Waals surface area contributed by atoms with Crippen LogP contribution in [0.2, 0.25) is 0 Å². The Hall–Kier alpha value is -1.35. The minimum absolute atomic E-state index is 0.130. The van der Waals surface area contributed by atoms with Crippen LogP contribution >= 0.6 is 0 Å². The van der Waals surface area contributed by atoms with Crippen LogP contribution in [-0.4, -0.2) is 18.0 Å². The van der Waals surface area contributed by atoms with Gasteiger partial charge in [0.25, 0.3) is 0 Å². The fraction of sp³-hybridized carbons (Fsp3) is 0.562. The Morgan fingerprint density at radius 2 is 2.05 bits per heavy atom. The van der Waals surface area contributed by atoms with Crippen LogP contribution in [0.1, 0.15) is 43.2 Å². The minimum atomic E-state index is 0.130. The molecule has 104 valence electrons.